The second kappa shape index (κ2) is 5.85. The number of nitrogens with two attached hydrogens (primary N) is 1. The summed E-state index contributed by atoms with van der Waals surface area (Å²) in [6.45, 7) is 4.33. The molecular formula is C13H15BrN2O2S2. The Balaban J connectivity index is 2.16. The first-order valence-corrected chi connectivity index (χ1v) is 8.99. The van der Waals surface area contributed by atoms with Crippen molar-refractivity contribution in [3.63, 3.8) is 0 Å². The summed E-state index contributed by atoms with van der Waals surface area (Å²) in [5, 5.41) is 0. The molecule has 0 unspecified atom stereocenters. The van der Waals surface area contributed by atoms with Crippen molar-refractivity contribution in [2.45, 2.75) is 25.3 Å². The van der Waals surface area contributed by atoms with Gasteiger partial charge in [-0.05, 0) is 59.6 Å². The summed E-state index contributed by atoms with van der Waals surface area (Å²) in [7, 11) is -3.53. The minimum atomic E-state index is -3.53. The second-order valence-electron chi connectivity index (χ2n) is 4.46. The number of nitrogen functional groups attached to an aromatic ring is 1. The van der Waals surface area contributed by atoms with Gasteiger partial charge in [0.1, 0.15) is 0 Å². The van der Waals surface area contributed by atoms with Crippen LogP contribution in [0.3, 0.4) is 0 Å². The lowest BCUT2D eigenvalue weighted by molar-refractivity contribution is 0.582. The van der Waals surface area contributed by atoms with Crippen LogP contribution in [-0.4, -0.2) is 8.42 Å². The molecule has 0 spiro atoms. The molecule has 0 aliphatic carbocycles. The Bertz CT molecular complexity index is 719. The van der Waals surface area contributed by atoms with E-state index in [4.69, 9.17) is 5.73 Å². The van der Waals surface area contributed by atoms with Gasteiger partial charge in [0, 0.05) is 26.5 Å². The molecular weight excluding hydrogens is 360 g/mol. The molecule has 0 atom stereocenters. The van der Waals surface area contributed by atoms with Crippen LogP contribution >= 0.6 is 27.3 Å². The summed E-state index contributed by atoms with van der Waals surface area (Å²) in [5.74, 6) is 0. The first-order chi connectivity index (χ1) is 9.29. The Morgan fingerprint density at radius 3 is 2.55 bits per heavy atom. The number of aryl methyl sites for hydroxylation is 2. The topological polar surface area (TPSA) is 72.2 Å². The van der Waals surface area contributed by atoms with Crippen LogP contribution in [0.15, 0.2) is 33.6 Å². The van der Waals surface area contributed by atoms with Gasteiger partial charge in [0.25, 0.3) is 0 Å². The zero-order chi connectivity index (χ0) is 14.9. The van der Waals surface area contributed by atoms with Crippen molar-refractivity contribution in [3.05, 3.63) is 44.1 Å². The monoisotopic (exact) mass is 374 g/mol. The number of halogens is 1. The summed E-state index contributed by atoms with van der Waals surface area (Å²) in [6, 6.07) is 6.56. The van der Waals surface area contributed by atoms with E-state index in [1.165, 1.54) is 22.6 Å². The molecule has 7 heteroatoms. The van der Waals surface area contributed by atoms with Gasteiger partial charge in [-0.2, -0.15) is 0 Å². The van der Waals surface area contributed by atoms with E-state index in [0.29, 0.717) is 16.7 Å². The Hall–Kier alpha value is -0.890. The Labute approximate surface area is 131 Å². The van der Waals surface area contributed by atoms with E-state index < -0.39 is 10.0 Å². The minimum Gasteiger partial charge on any atom is -0.398 e. The molecule has 108 valence electrons. The molecule has 4 nitrogen and oxygen atoms in total. The summed E-state index contributed by atoms with van der Waals surface area (Å²) in [4.78, 5) is 2.40. The highest BCUT2D eigenvalue weighted by Gasteiger charge is 2.15. The van der Waals surface area contributed by atoms with Crippen molar-refractivity contribution >= 4 is 43.0 Å². The third-order valence-electron chi connectivity index (χ3n) is 2.94. The van der Waals surface area contributed by atoms with Crippen LogP contribution in [0.25, 0.3) is 0 Å². The van der Waals surface area contributed by atoms with Gasteiger partial charge in [0.2, 0.25) is 10.0 Å². The van der Waals surface area contributed by atoms with Crippen molar-refractivity contribution in [2.75, 3.05) is 5.73 Å². The molecule has 0 saturated carbocycles. The molecule has 2 rings (SSSR count). The first kappa shape index (κ1) is 15.5. The van der Waals surface area contributed by atoms with Gasteiger partial charge in [0.05, 0.1) is 4.90 Å². The first-order valence-electron chi connectivity index (χ1n) is 5.90. The molecule has 2 aromatic rings. The van der Waals surface area contributed by atoms with Crippen LogP contribution in [0.4, 0.5) is 5.69 Å². The zero-order valence-corrected chi connectivity index (χ0v) is 14.3. The molecule has 1 aromatic carbocycles. The van der Waals surface area contributed by atoms with E-state index in [9.17, 15) is 8.42 Å². The molecule has 20 heavy (non-hydrogen) atoms. The number of thiophene rings is 1. The summed E-state index contributed by atoms with van der Waals surface area (Å²) < 4.78 is 27.6. The average molecular weight is 375 g/mol. The molecule has 0 aliphatic rings. The number of hydrogen-bond acceptors (Lipinski definition) is 4. The molecule has 0 aliphatic heterocycles. The van der Waals surface area contributed by atoms with Crippen LogP contribution in [0.1, 0.15) is 15.3 Å². The van der Waals surface area contributed by atoms with Crippen LogP contribution in [0, 0.1) is 13.8 Å². The van der Waals surface area contributed by atoms with Crippen molar-refractivity contribution in [1.82, 2.24) is 4.72 Å². The molecule has 0 bridgehead atoms. The highest BCUT2D eigenvalue weighted by molar-refractivity contribution is 9.10. The van der Waals surface area contributed by atoms with Crippen molar-refractivity contribution < 1.29 is 8.42 Å². The van der Waals surface area contributed by atoms with E-state index in [2.05, 4.69) is 20.7 Å². The number of nitrogens with one attached hydrogen (secondary N) is 1. The Morgan fingerprint density at radius 2 is 2.00 bits per heavy atom. The fraction of sp³-hybridized carbons (Fsp3) is 0.231. The van der Waals surface area contributed by atoms with Gasteiger partial charge < -0.3 is 5.73 Å². The standard InChI is InChI=1S/C13H15BrN2O2S2/c1-8-5-10(19-9(8)2)7-16-20(17,18)11-3-4-13(15)12(14)6-11/h3-6,16H,7,15H2,1-2H3. The highest BCUT2D eigenvalue weighted by atomic mass is 79.9. The van der Waals surface area contributed by atoms with Crippen molar-refractivity contribution in [3.8, 4) is 0 Å². The predicted octanol–water partition coefficient (Wildman–Crippen LogP) is 3.19. The molecule has 3 N–H and O–H groups in total. The van der Waals surface area contributed by atoms with Gasteiger partial charge in [0.15, 0.2) is 0 Å². The number of hydrogen-bond donors (Lipinski definition) is 2. The third-order valence-corrected chi connectivity index (χ3v) is 6.17. The van der Waals surface area contributed by atoms with E-state index in [1.807, 2.05) is 19.9 Å². The third kappa shape index (κ3) is 3.41. The largest absolute Gasteiger partial charge is 0.398 e. The molecule has 0 amide bonds. The molecule has 0 radical (unpaired) electrons. The lowest BCUT2D eigenvalue weighted by atomic mass is 10.3. The lowest BCUT2D eigenvalue weighted by Gasteiger charge is -2.07. The quantitative estimate of drug-likeness (QED) is 0.807. The van der Waals surface area contributed by atoms with Crippen LogP contribution in [-0.2, 0) is 16.6 Å². The van der Waals surface area contributed by atoms with E-state index in [0.717, 1.165) is 4.88 Å². The molecule has 1 heterocycles. The van der Waals surface area contributed by atoms with Crippen molar-refractivity contribution in [2.24, 2.45) is 0 Å². The minimum absolute atomic E-state index is 0.198. The van der Waals surface area contributed by atoms with Crippen LogP contribution in [0.5, 0.6) is 0 Å². The van der Waals surface area contributed by atoms with Gasteiger partial charge in [-0.3, -0.25) is 0 Å². The van der Waals surface area contributed by atoms with Gasteiger partial charge in [-0.15, -0.1) is 11.3 Å². The van der Waals surface area contributed by atoms with Gasteiger partial charge >= 0.3 is 0 Å². The highest BCUT2D eigenvalue weighted by Crippen LogP contribution is 2.24. The molecule has 0 fully saturated rings. The number of sulfonamides is 1. The van der Waals surface area contributed by atoms with Crippen LogP contribution < -0.4 is 10.5 Å². The SMILES string of the molecule is Cc1cc(CNS(=O)(=O)c2ccc(N)c(Br)c2)sc1C. The van der Waals surface area contributed by atoms with Gasteiger partial charge in [-0.1, -0.05) is 0 Å². The number of anilines is 1. The van der Waals surface area contributed by atoms with E-state index in [-0.39, 0.29) is 4.90 Å². The summed E-state index contributed by atoms with van der Waals surface area (Å²) >= 11 is 4.83. The Morgan fingerprint density at radius 1 is 1.30 bits per heavy atom. The summed E-state index contributed by atoms with van der Waals surface area (Å²) in [6.07, 6.45) is 0. The zero-order valence-electron chi connectivity index (χ0n) is 11.1. The Kier molecular flexibility index (Phi) is 4.53. The maximum absolute atomic E-state index is 12.2. The number of benzene rings is 1. The average Bonchev–Trinajstić information content (AvgIpc) is 2.70. The molecule has 0 saturated heterocycles. The van der Waals surface area contributed by atoms with E-state index >= 15 is 0 Å². The number of rotatable bonds is 4. The fourth-order valence-electron chi connectivity index (χ4n) is 1.66. The van der Waals surface area contributed by atoms with Gasteiger partial charge in [-0.25, -0.2) is 13.1 Å². The maximum atomic E-state index is 12.2. The molecule has 1 aromatic heterocycles. The van der Waals surface area contributed by atoms with Crippen molar-refractivity contribution in [1.29, 1.82) is 0 Å². The fourth-order valence-corrected chi connectivity index (χ4v) is 4.31. The lowest BCUT2D eigenvalue weighted by Crippen LogP contribution is -2.22. The second-order valence-corrected chi connectivity index (χ2v) is 8.42. The smallest absolute Gasteiger partial charge is 0.240 e. The van der Waals surface area contributed by atoms with Crippen LogP contribution in [0.2, 0.25) is 0 Å². The summed E-state index contributed by atoms with van der Waals surface area (Å²) in [5.41, 5.74) is 7.34. The predicted molar refractivity (Wildman–Crippen MR) is 86.4 cm³/mol. The maximum Gasteiger partial charge on any atom is 0.240 e. The normalized spacial score (nSPS) is 11.8. The van der Waals surface area contributed by atoms with E-state index in [1.54, 1.807) is 17.4 Å².